The Balaban J connectivity index is 3.91. The van der Waals surface area contributed by atoms with Crippen molar-refractivity contribution in [3.05, 3.63) is 0 Å². The van der Waals surface area contributed by atoms with Gasteiger partial charge in [-0.2, -0.15) is 0 Å². The highest BCUT2D eigenvalue weighted by molar-refractivity contribution is 5.71. The standard InChI is InChI=1S/C11H19NO2/c1-5-6-7-8-12(10(2)3)9-11(13)14-4/h1,10H,6-9H2,2-4H3. The number of carbonyl (C=O) groups is 1. The van der Waals surface area contributed by atoms with Gasteiger partial charge in [0.05, 0.1) is 13.7 Å². The molecule has 80 valence electrons. The van der Waals surface area contributed by atoms with Crippen LogP contribution >= 0.6 is 0 Å². The fourth-order valence-electron chi connectivity index (χ4n) is 1.13. The van der Waals surface area contributed by atoms with Gasteiger partial charge < -0.3 is 4.74 Å². The monoisotopic (exact) mass is 197 g/mol. The van der Waals surface area contributed by atoms with E-state index in [9.17, 15) is 4.79 Å². The average Bonchev–Trinajstić information content (AvgIpc) is 2.16. The number of ether oxygens (including phenoxy) is 1. The van der Waals surface area contributed by atoms with Gasteiger partial charge >= 0.3 is 5.97 Å². The number of terminal acetylenes is 1. The largest absolute Gasteiger partial charge is 0.468 e. The number of hydrogen-bond acceptors (Lipinski definition) is 3. The zero-order chi connectivity index (χ0) is 11.0. The highest BCUT2D eigenvalue weighted by Gasteiger charge is 2.13. The average molecular weight is 197 g/mol. The normalized spacial score (nSPS) is 10.3. The molecule has 0 aliphatic heterocycles. The van der Waals surface area contributed by atoms with Crippen molar-refractivity contribution in [3.8, 4) is 12.3 Å². The second kappa shape index (κ2) is 7.40. The minimum atomic E-state index is -0.195. The van der Waals surface area contributed by atoms with Crippen molar-refractivity contribution in [3.63, 3.8) is 0 Å². The van der Waals surface area contributed by atoms with Crippen LogP contribution in [0.25, 0.3) is 0 Å². The van der Waals surface area contributed by atoms with Gasteiger partial charge in [0, 0.05) is 12.5 Å². The first-order valence-electron chi connectivity index (χ1n) is 4.86. The maximum Gasteiger partial charge on any atom is 0.319 e. The van der Waals surface area contributed by atoms with Gasteiger partial charge in [-0.25, -0.2) is 0 Å². The van der Waals surface area contributed by atoms with Crippen molar-refractivity contribution in [2.45, 2.75) is 32.7 Å². The van der Waals surface area contributed by atoms with Gasteiger partial charge in [-0.15, -0.1) is 12.3 Å². The van der Waals surface area contributed by atoms with Gasteiger partial charge in [-0.3, -0.25) is 9.69 Å². The molecule has 0 aromatic carbocycles. The van der Waals surface area contributed by atoms with Crippen molar-refractivity contribution >= 4 is 5.97 Å². The zero-order valence-electron chi connectivity index (χ0n) is 9.25. The number of nitrogens with zero attached hydrogens (tertiary/aromatic N) is 1. The number of rotatable bonds is 6. The number of esters is 1. The van der Waals surface area contributed by atoms with Gasteiger partial charge in [0.1, 0.15) is 0 Å². The molecule has 0 saturated carbocycles. The molecule has 0 bridgehead atoms. The van der Waals surface area contributed by atoms with Crippen LogP contribution in [0.4, 0.5) is 0 Å². The Labute approximate surface area is 86.4 Å². The summed E-state index contributed by atoms with van der Waals surface area (Å²) in [6.45, 7) is 5.30. The fourth-order valence-corrected chi connectivity index (χ4v) is 1.13. The molecule has 0 aromatic heterocycles. The first-order chi connectivity index (χ1) is 6.61. The molecule has 0 aromatic rings. The number of methoxy groups -OCH3 is 1. The molecule has 0 amide bonds. The van der Waals surface area contributed by atoms with Crippen molar-refractivity contribution in [1.29, 1.82) is 0 Å². The minimum Gasteiger partial charge on any atom is -0.468 e. The third kappa shape index (κ3) is 5.60. The Morgan fingerprint density at radius 3 is 2.64 bits per heavy atom. The summed E-state index contributed by atoms with van der Waals surface area (Å²) in [4.78, 5) is 13.1. The number of unbranched alkanes of at least 4 members (excludes halogenated alkanes) is 1. The summed E-state index contributed by atoms with van der Waals surface area (Å²) in [5, 5.41) is 0. The molecule has 0 unspecified atom stereocenters. The van der Waals surface area contributed by atoms with E-state index in [0.29, 0.717) is 12.6 Å². The summed E-state index contributed by atoms with van der Waals surface area (Å²) >= 11 is 0. The maximum atomic E-state index is 11.1. The lowest BCUT2D eigenvalue weighted by atomic mass is 10.2. The Bertz CT molecular complexity index is 206. The quantitative estimate of drug-likeness (QED) is 0.365. The minimum absolute atomic E-state index is 0.195. The molecule has 0 aliphatic carbocycles. The van der Waals surface area contributed by atoms with Gasteiger partial charge in [0.15, 0.2) is 0 Å². The third-order valence-electron chi connectivity index (χ3n) is 2.06. The van der Waals surface area contributed by atoms with Crippen LogP contribution in [0, 0.1) is 12.3 Å². The molecule has 0 fully saturated rings. The number of hydrogen-bond donors (Lipinski definition) is 0. The smallest absolute Gasteiger partial charge is 0.319 e. The zero-order valence-corrected chi connectivity index (χ0v) is 9.25. The molecule has 3 nitrogen and oxygen atoms in total. The molecule has 0 rings (SSSR count). The maximum absolute atomic E-state index is 11.1. The van der Waals surface area contributed by atoms with E-state index in [2.05, 4.69) is 29.4 Å². The third-order valence-corrected chi connectivity index (χ3v) is 2.06. The van der Waals surface area contributed by atoms with Gasteiger partial charge in [0.2, 0.25) is 0 Å². The molecule has 0 spiro atoms. The SMILES string of the molecule is C#CCCCN(CC(=O)OC)C(C)C. The van der Waals surface area contributed by atoms with Crippen LogP contribution in [0.15, 0.2) is 0 Å². The first kappa shape index (κ1) is 13.0. The van der Waals surface area contributed by atoms with Crippen LogP contribution in [0.3, 0.4) is 0 Å². The lowest BCUT2D eigenvalue weighted by molar-refractivity contribution is -0.142. The van der Waals surface area contributed by atoms with E-state index >= 15 is 0 Å². The second-order valence-electron chi connectivity index (χ2n) is 3.45. The van der Waals surface area contributed by atoms with E-state index in [1.165, 1.54) is 7.11 Å². The van der Waals surface area contributed by atoms with Crippen LogP contribution in [0.2, 0.25) is 0 Å². The van der Waals surface area contributed by atoms with E-state index in [1.807, 2.05) is 0 Å². The predicted octanol–water partition coefficient (Wildman–Crippen LogP) is 1.28. The topological polar surface area (TPSA) is 29.5 Å². The Kier molecular flexibility index (Phi) is 6.87. The van der Waals surface area contributed by atoms with Crippen LogP contribution in [-0.4, -0.2) is 37.1 Å². The molecule has 0 aliphatic rings. The molecule has 0 saturated heterocycles. The first-order valence-corrected chi connectivity index (χ1v) is 4.86. The molecule has 0 radical (unpaired) electrons. The van der Waals surface area contributed by atoms with E-state index in [4.69, 9.17) is 6.42 Å². The lowest BCUT2D eigenvalue weighted by Crippen LogP contribution is -2.36. The summed E-state index contributed by atoms with van der Waals surface area (Å²) in [6.07, 6.45) is 6.83. The molecular weight excluding hydrogens is 178 g/mol. The van der Waals surface area contributed by atoms with Gasteiger partial charge in [0.25, 0.3) is 0 Å². The van der Waals surface area contributed by atoms with E-state index in [1.54, 1.807) is 0 Å². The van der Waals surface area contributed by atoms with Gasteiger partial charge in [-0.1, -0.05) is 0 Å². The molecule has 14 heavy (non-hydrogen) atoms. The van der Waals surface area contributed by atoms with Crippen molar-refractivity contribution < 1.29 is 9.53 Å². The Morgan fingerprint density at radius 1 is 1.57 bits per heavy atom. The van der Waals surface area contributed by atoms with Crippen molar-refractivity contribution in [2.75, 3.05) is 20.2 Å². The summed E-state index contributed by atoms with van der Waals surface area (Å²) in [5.74, 6) is 2.39. The molecule has 3 heteroatoms. The molecule has 0 heterocycles. The van der Waals surface area contributed by atoms with Crippen molar-refractivity contribution in [2.24, 2.45) is 0 Å². The Hall–Kier alpha value is -1.01. The number of carbonyl (C=O) groups excluding carboxylic acids is 1. The molecule has 0 N–H and O–H groups in total. The highest BCUT2D eigenvalue weighted by Crippen LogP contribution is 2.01. The molecule has 0 atom stereocenters. The van der Waals surface area contributed by atoms with E-state index in [0.717, 1.165) is 19.4 Å². The Morgan fingerprint density at radius 2 is 2.21 bits per heavy atom. The summed E-state index contributed by atoms with van der Waals surface area (Å²) < 4.78 is 4.62. The highest BCUT2D eigenvalue weighted by atomic mass is 16.5. The van der Waals surface area contributed by atoms with Crippen molar-refractivity contribution in [1.82, 2.24) is 4.90 Å². The molecular formula is C11H19NO2. The van der Waals surface area contributed by atoms with Crippen LogP contribution < -0.4 is 0 Å². The fraction of sp³-hybridized carbons (Fsp3) is 0.727. The summed E-state index contributed by atoms with van der Waals surface area (Å²) in [5.41, 5.74) is 0. The summed E-state index contributed by atoms with van der Waals surface area (Å²) in [7, 11) is 1.41. The van der Waals surface area contributed by atoms with E-state index in [-0.39, 0.29) is 5.97 Å². The lowest BCUT2D eigenvalue weighted by Gasteiger charge is -2.24. The van der Waals surface area contributed by atoms with Crippen LogP contribution in [-0.2, 0) is 9.53 Å². The second-order valence-corrected chi connectivity index (χ2v) is 3.45. The van der Waals surface area contributed by atoms with E-state index < -0.39 is 0 Å². The van der Waals surface area contributed by atoms with Crippen LogP contribution in [0.5, 0.6) is 0 Å². The van der Waals surface area contributed by atoms with Gasteiger partial charge in [-0.05, 0) is 26.8 Å². The predicted molar refractivity (Wildman–Crippen MR) is 56.8 cm³/mol. The summed E-state index contributed by atoms with van der Waals surface area (Å²) in [6, 6.07) is 0.340. The van der Waals surface area contributed by atoms with Crippen LogP contribution in [0.1, 0.15) is 26.7 Å².